The monoisotopic (exact) mass is 289 g/mol. The van der Waals surface area contributed by atoms with Gasteiger partial charge >= 0.3 is 0 Å². The summed E-state index contributed by atoms with van der Waals surface area (Å²) in [6, 6.07) is 1.90. The minimum absolute atomic E-state index is 0.675. The van der Waals surface area contributed by atoms with E-state index in [0.29, 0.717) is 10.4 Å². The van der Waals surface area contributed by atoms with Gasteiger partial charge in [-0.3, -0.25) is 0 Å². The van der Waals surface area contributed by atoms with Gasteiger partial charge < -0.3 is 5.32 Å². The van der Waals surface area contributed by atoms with Crippen molar-refractivity contribution in [3.05, 3.63) is 32.8 Å². The summed E-state index contributed by atoms with van der Waals surface area (Å²) in [6.07, 6.45) is 3.26. The molecule has 6 heteroatoms. The first kappa shape index (κ1) is 9.89. The number of halogens is 2. The highest BCUT2D eigenvalue weighted by Gasteiger charge is 2.02. The normalized spacial score (nSPS) is 10.1. The van der Waals surface area contributed by atoms with Gasteiger partial charge in [-0.25, -0.2) is 9.97 Å². The summed E-state index contributed by atoms with van der Waals surface area (Å²) < 4.78 is 1.43. The van der Waals surface area contributed by atoms with Crippen molar-refractivity contribution in [2.75, 3.05) is 5.32 Å². The number of rotatable bonds is 2. The predicted molar refractivity (Wildman–Crippen MR) is 62.3 cm³/mol. The highest BCUT2D eigenvalue weighted by molar-refractivity contribution is 9.10. The molecule has 0 unspecified atom stereocenters. The minimum atomic E-state index is 0.675. The van der Waals surface area contributed by atoms with E-state index in [9.17, 15) is 0 Å². The van der Waals surface area contributed by atoms with Crippen LogP contribution in [0.15, 0.2) is 28.4 Å². The van der Waals surface area contributed by atoms with Crippen molar-refractivity contribution in [1.82, 2.24) is 9.97 Å². The first-order valence-electron chi connectivity index (χ1n) is 3.73. The average Bonchev–Trinajstić information content (AvgIpc) is 2.56. The lowest BCUT2D eigenvalue weighted by molar-refractivity contribution is 1.16. The van der Waals surface area contributed by atoms with E-state index in [4.69, 9.17) is 11.6 Å². The predicted octanol–water partition coefficient (Wildman–Crippen LogP) is 3.70. The van der Waals surface area contributed by atoms with E-state index in [1.54, 1.807) is 12.4 Å². The molecule has 0 aliphatic rings. The van der Waals surface area contributed by atoms with Gasteiger partial charge in [0.15, 0.2) is 0 Å². The van der Waals surface area contributed by atoms with Crippen molar-refractivity contribution in [2.24, 2.45) is 0 Å². The first-order valence-corrected chi connectivity index (χ1v) is 5.78. The van der Waals surface area contributed by atoms with Gasteiger partial charge in [-0.2, -0.15) is 0 Å². The number of anilines is 2. The van der Waals surface area contributed by atoms with Crippen molar-refractivity contribution in [3.8, 4) is 0 Å². The fourth-order valence-electron chi connectivity index (χ4n) is 0.896. The Morgan fingerprint density at radius 3 is 2.79 bits per heavy atom. The third-order valence-electron chi connectivity index (χ3n) is 1.50. The highest BCUT2D eigenvalue weighted by Crippen LogP contribution is 2.29. The zero-order chi connectivity index (χ0) is 9.97. The number of hydrogen-bond acceptors (Lipinski definition) is 4. The summed E-state index contributed by atoms with van der Waals surface area (Å²) in [7, 11) is 0. The third-order valence-corrected chi connectivity index (χ3v) is 3.08. The van der Waals surface area contributed by atoms with E-state index in [2.05, 4.69) is 31.2 Å². The molecule has 2 aromatic rings. The molecule has 0 aliphatic heterocycles. The molecule has 0 atom stereocenters. The summed E-state index contributed by atoms with van der Waals surface area (Å²) in [6.45, 7) is 0. The smallest absolute Gasteiger partial charge is 0.149 e. The number of hydrogen-bond donors (Lipinski definition) is 1. The van der Waals surface area contributed by atoms with Crippen LogP contribution in [-0.4, -0.2) is 9.97 Å². The molecule has 2 rings (SSSR count). The molecule has 0 saturated heterocycles. The van der Waals surface area contributed by atoms with Crippen molar-refractivity contribution in [3.63, 3.8) is 0 Å². The van der Waals surface area contributed by atoms with Gasteiger partial charge in [0, 0.05) is 0 Å². The van der Waals surface area contributed by atoms with Crippen molar-refractivity contribution < 1.29 is 0 Å². The summed E-state index contributed by atoms with van der Waals surface area (Å²) in [4.78, 5) is 8.16. The maximum atomic E-state index is 5.92. The van der Waals surface area contributed by atoms with Crippen LogP contribution < -0.4 is 5.32 Å². The largest absolute Gasteiger partial charge is 0.337 e. The van der Waals surface area contributed by atoms with Crippen molar-refractivity contribution in [1.29, 1.82) is 0 Å². The molecule has 0 amide bonds. The Morgan fingerprint density at radius 1 is 1.36 bits per heavy atom. The van der Waals surface area contributed by atoms with Gasteiger partial charge in [0.2, 0.25) is 0 Å². The third kappa shape index (κ3) is 2.23. The van der Waals surface area contributed by atoms with E-state index in [1.165, 1.54) is 11.3 Å². The van der Waals surface area contributed by atoms with Crippen molar-refractivity contribution in [2.45, 2.75) is 0 Å². The Bertz CT molecular complexity index is 428. The fourth-order valence-corrected chi connectivity index (χ4v) is 1.94. The first-order chi connectivity index (χ1) is 6.75. The summed E-state index contributed by atoms with van der Waals surface area (Å²) in [5.41, 5.74) is 0.855. The number of nitrogens with one attached hydrogen (secondary N) is 1. The molecule has 3 nitrogen and oxygen atoms in total. The zero-order valence-electron chi connectivity index (χ0n) is 6.87. The van der Waals surface area contributed by atoms with Gasteiger partial charge in [0.1, 0.15) is 14.8 Å². The lowest BCUT2D eigenvalue weighted by atomic mass is 10.5. The van der Waals surface area contributed by atoms with E-state index >= 15 is 0 Å². The van der Waals surface area contributed by atoms with Crippen LogP contribution in [-0.2, 0) is 0 Å². The molecule has 0 fully saturated rings. The second-order valence-corrected chi connectivity index (χ2v) is 4.79. The van der Waals surface area contributed by atoms with Gasteiger partial charge in [0.05, 0.1) is 18.1 Å². The molecular weight excluding hydrogens is 286 g/mol. The molecule has 0 aromatic carbocycles. The Morgan fingerprint density at radius 2 is 2.21 bits per heavy atom. The second kappa shape index (κ2) is 4.25. The van der Waals surface area contributed by atoms with E-state index in [1.807, 2.05) is 11.4 Å². The standard InChI is InChI=1S/C8H5BrClN3S/c9-6-3-12-7(4-11-6)13-5-1-2-14-8(5)10/h1-4H,(H,12,13). The molecule has 0 saturated carbocycles. The summed E-state index contributed by atoms with van der Waals surface area (Å²) >= 11 is 10.6. The number of aromatic nitrogens is 2. The Labute approximate surface area is 98.3 Å². The van der Waals surface area contributed by atoms with E-state index in [0.717, 1.165) is 10.0 Å². The van der Waals surface area contributed by atoms with Crippen LogP contribution in [0.25, 0.3) is 0 Å². The Kier molecular flexibility index (Phi) is 3.00. The lowest BCUT2D eigenvalue weighted by Gasteiger charge is -2.02. The van der Waals surface area contributed by atoms with Crippen LogP contribution in [0.5, 0.6) is 0 Å². The topological polar surface area (TPSA) is 37.8 Å². The van der Waals surface area contributed by atoms with Crippen LogP contribution in [0, 0.1) is 0 Å². The maximum Gasteiger partial charge on any atom is 0.149 e. The number of thiophene rings is 1. The molecule has 0 aliphatic carbocycles. The Balaban J connectivity index is 2.19. The quantitative estimate of drug-likeness (QED) is 0.916. The number of nitrogens with zero attached hydrogens (tertiary/aromatic N) is 2. The average molecular weight is 291 g/mol. The highest BCUT2D eigenvalue weighted by atomic mass is 79.9. The fraction of sp³-hybridized carbons (Fsp3) is 0. The van der Waals surface area contributed by atoms with Crippen LogP contribution in [0.2, 0.25) is 4.34 Å². The van der Waals surface area contributed by atoms with E-state index < -0.39 is 0 Å². The Hall–Kier alpha value is -0.650. The van der Waals surface area contributed by atoms with Gasteiger partial charge in [-0.1, -0.05) is 11.6 Å². The minimum Gasteiger partial charge on any atom is -0.337 e. The van der Waals surface area contributed by atoms with Crippen LogP contribution in [0.4, 0.5) is 11.5 Å². The molecule has 72 valence electrons. The zero-order valence-corrected chi connectivity index (χ0v) is 10.0. The molecule has 1 N–H and O–H groups in total. The summed E-state index contributed by atoms with van der Waals surface area (Å²) in [5.74, 6) is 0.675. The van der Waals surface area contributed by atoms with Crippen LogP contribution >= 0.6 is 38.9 Å². The molecule has 2 aromatic heterocycles. The van der Waals surface area contributed by atoms with E-state index in [-0.39, 0.29) is 0 Å². The maximum absolute atomic E-state index is 5.92. The molecule has 0 radical (unpaired) electrons. The van der Waals surface area contributed by atoms with Gasteiger partial charge in [-0.05, 0) is 27.4 Å². The SMILES string of the molecule is Clc1sccc1Nc1cnc(Br)cn1. The molecular formula is C8H5BrClN3S. The van der Waals surface area contributed by atoms with Crippen molar-refractivity contribution >= 4 is 50.4 Å². The molecule has 0 bridgehead atoms. The van der Waals surface area contributed by atoms with Gasteiger partial charge in [0.25, 0.3) is 0 Å². The summed E-state index contributed by atoms with van der Waals surface area (Å²) in [5, 5.41) is 4.98. The second-order valence-electron chi connectivity index (χ2n) is 2.46. The lowest BCUT2D eigenvalue weighted by Crippen LogP contribution is -1.93. The van der Waals surface area contributed by atoms with Crippen LogP contribution in [0.1, 0.15) is 0 Å². The van der Waals surface area contributed by atoms with Crippen LogP contribution in [0.3, 0.4) is 0 Å². The molecule has 0 spiro atoms. The molecule has 14 heavy (non-hydrogen) atoms. The van der Waals surface area contributed by atoms with Gasteiger partial charge in [-0.15, -0.1) is 11.3 Å². The molecule has 2 heterocycles.